The highest BCUT2D eigenvalue weighted by molar-refractivity contribution is 5.98. The predicted molar refractivity (Wildman–Crippen MR) is 115 cm³/mol. The summed E-state index contributed by atoms with van der Waals surface area (Å²) >= 11 is 0. The number of benzene rings is 2. The van der Waals surface area contributed by atoms with Crippen molar-refractivity contribution in [3.05, 3.63) is 53.6 Å². The molecule has 0 radical (unpaired) electrons. The van der Waals surface area contributed by atoms with Crippen LogP contribution in [0.5, 0.6) is 17.2 Å². The van der Waals surface area contributed by atoms with Gasteiger partial charge in [0.25, 0.3) is 5.91 Å². The number of piperidine rings is 1. The quantitative estimate of drug-likeness (QED) is 0.755. The fourth-order valence-corrected chi connectivity index (χ4v) is 4.93. The number of carbonyl (C=O) groups excluding carboxylic acids is 1. The molecule has 0 saturated carbocycles. The molecule has 0 spiro atoms. The molecule has 1 N–H and O–H groups in total. The summed E-state index contributed by atoms with van der Waals surface area (Å²) in [6.45, 7) is 0.984. The zero-order chi connectivity index (χ0) is 21.1. The second kappa shape index (κ2) is 8.96. The average molecular weight is 411 g/mol. The van der Waals surface area contributed by atoms with Gasteiger partial charge < -0.3 is 19.5 Å². The number of hydrogen-bond acceptors (Lipinski definition) is 5. The van der Waals surface area contributed by atoms with Crippen LogP contribution in [-0.2, 0) is 6.54 Å². The molecule has 2 heterocycles. The lowest BCUT2D eigenvalue weighted by Crippen LogP contribution is -2.50. The van der Waals surface area contributed by atoms with Crippen LogP contribution in [-0.4, -0.2) is 50.3 Å². The van der Waals surface area contributed by atoms with E-state index in [-0.39, 0.29) is 11.9 Å². The van der Waals surface area contributed by atoms with Gasteiger partial charge in [-0.15, -0.1) is 0 Å². The summed E-state index contributed by atoms with van der Waals surface area (Å²) < 4.78 is 16.2. The van der Waals surface area contributed by atoms with Gasteiger partial charge >= 0.3 is 0 Å². The molecule has 2 bridgehead atoms. The minimum Gasteiger partial charge on any atom is -0.497 e. The zero-order valence-corrected chi connectivity index (χ0v) is 17.9. The van der Waals surface area contributed by atoms with E-state index in [9.17, 15) is 4.79 Å². The largest absolute Gasteiger partial charge is 0.497 e. The van der Waals surface area contributed by atoms with E-state index in [1.165, 1.54) is 18.4 Å². The molecule has 30 heavy (non-hydrogen) atoms. The fraction of sp³-hybridized carbons (Fsp3) is 0.458. The van der Waals surface area contributed by atoms with Gasteiger partial charge in [-0.05, 0) is 37.3 Å². The molecule has 2 aliphatic heterocycles. The van der Waals surface area contributed by atoms with Crippen molar-refractivity contribution in [2.75, 3.05) is 21.3 Å². The van der Waals surface area contributed by atoms with Crippen LogP contribution < -0.4 is 19.5 Å². The van der Waals surface area contributed by atoms with E-state index in [1.807, 2.05) is 0 Å². The number of rotatable bonds is 7. The Bertz CT molecular complexity index is 872. The van der Waals surface area contributed by atoms with Crippen LogP contribution in [0.2, 0.25) is 0 Å². The Morgan fingerprint density at radius 2 is 1.70 bits per heavy atom. The number of fused-ring (bicyclic) bond motifs is 2. The van der Waals surface area contributed by atoms with Crippen LogP contribution in [0.4, 0.5) is 0 Å². The highest BCUT2D eigenvalue weighted by Crippen LogP contribution is 2.38. The second-order valence-corrected chi connectivity index (χ2v) is 8.10. The van der Waals surface area contributed by atoms with E-state index >= 15 is 0 Å². The monoisotopic (exact) mass is 410 g/mol. The Kier molecular flexibility index (Phi) is 6.13. The lowest BCUT2D eigenvalue weighted by molar-refractivity contribution is 0.0824. The molecule has 160 valence electrons. The molecular formula is C24H30N2O4. The van der Waals surface area contributed by atoms with Gasteiger partial charge in [0.2, 0.25) is 0 Å². The van der Waals surface area contributed by atoms with Crippen molar-refractivity contribution >= 4 is 5.91 Å². The first-order valence-corrected chi connectivity index (χ1v) is 10.5. The Hall–Kier alpha value is -2.73. The normalized spacial score (nSPS) is 23.1. The average Bonchev–Trinajstić information content (AvgIpc) is 3.00. The number of nitrogens with one attached hydrogen (secondary N) is 1. The van der Waals surface area contributed by atoms with Crippen LogP contribution in [0, 0.1) is 0 Å². The molecule has 2 aromatic carbocycles. The molecule has 2 saturated heterocycles. The van der Waals surface area contributed by atoms with E-state index in [4.69, 9.17) is 14.2 Å². The molecule has 1 amide bonds. The first-order valence-electron chi connectivity index (χ1n) is 10.5. The topological polar surface area (TPSA) is 60.0 Å². The van der Waals surface area contributed by atoms with Gasteiger partial charge in [0.15, 0.2) is 11.5 Å². The Labute approximate surface area is 178 Å². The third-order valence-corrected chi connectivity index (χ3v) is 6.36. The van der Waals surface area contributed by atoms with Crippen molar-refractivity contribution < 1.29 is 19.0 Å². The summed E-state index contributed by atoms with van der Waals surface area (Å²) in [7, 11) is 4.67. The van der Waals surface area contributed by atoms with Crippen molar-refractivity contribution in [2.24, 2.45) is 0 Å². The summed E-state index contributed by atoms with van der Waals surface area (Å²) in [6, 6.07) is 15.2. The summed E-state index contributed by atoms with van der Waals surface area (Å²) in [6.07, 6.45) is 4.33. The number of methoxy groups -OCH3 is 3. The highest BCUT2D eigenvalue weighted by atomic mass is 16.5. The van der Waals surface area contributed by atoms with Crippen LogP contribution in [0.15, 0.2) is 42.5 Å². The standard InChI is InChI=1S/C24H30N2O4/c1-28-20-13-21(23(30-3)22(14-20)29-2)24(27)25-17-11-18-9-10-19(12-17)26(18)15-16-7-5-4-6-8-16/h4-8,13-14,17-19H,9-12,15H2,1-3H3,(H,25,27). The van der Waals surface area contributed by atoms with Gasteiger partial charge in [-0.25, -0.2) is 0 Å². The summed E-state index contributed by atoms with van der Waals surface area (Å²) in [5.74, 6) is 1.33. The van der Waals surface area contributed by atoms with Crippen molar-refractivity contribution in [1.29, 1.82) is 0 Å². The number of carbonyl (C=O) groups is 1. The van der Waals surface area contributed by atoms with E-state index in [0.717, 1.165) is 19.4 Å². The molecule has 0 aliphatic carbocycles. The SMILES string of the molecule is COc1cc(OC)c(OC)c(C(=O)NC2CC3CCC(C2)N3Cc2ccccc2)c1. The maximum Gasteiger partial charge on any atom is 0.255 e. The number of nitrogens with zero attached hydrogens (tertiary/aromatic N) is 1. The van der Waals surface area contributed by atoms with Crippen LogP contribution in [0.3, 0.4) is 0 Å². The molecule has 2 unspecified atom stereocenters. The van der Waals surface area contributed by atoms with Crippen molar-refractivity contribution in [2.45, 2.75) is 50.4 Å². The Balaban J connectivity index is 1.46. The summed E-state index contributed by atoms with van der Waals surface area (Å²) in [5, 5.41) is 3.24. The first kappa shape index (κ1) is 20.5. The summed E-state index contributed by atoms with van der Waals surface area (Å²) in [5.41, 5.74) is 1.79. The van der Waals surface area contributed by atoms with Gasteiger partial charge in [-0.3, -0.25) is 9.69 Å². The minimum atomic E-state index is -0.148. The number of amides is 1. The highest BCUT2D eigenvalue weighted by Gasteiger charge is 2.41. The summed E-state index contributed by atoms with van der Waals surface area (Å²) in [4.78, 5) is 15.7. The molecule has 2 aromatic rings. The van der Waals surface area contributed by atoms with Gasteiger partial charge in [-0.1, -0.05) is 30.3 Å². The molecule has 2 fully saturated rings. The van der Waals surface area contributed by atoms with Gasteiger partial charge in [0.05, 0.1) is 26.9 Å². The second-order valence-electron chi connectivity index (χ2n) is 8.10. The maximum atomic E-state index is 13.1. The predicted octanol–water partition coefficient (Wildman–Crippen LogP) is 3.64. The van der Waals surface area contributed by atoms with Crippen molar-refractivity contribution in [3.8, 4) is 17.2 Å². The van der Waals surface area contributed by atoms with Crippen molar-refractivity contribution in [1.82, 2.24) is 10.2 Å². The van der Waals surface area contributed by atoms with Crippen LogP contribution >= 0.6 is 0 Å². The fourth-order valence-electron chi connectivity index (χ4n) is 4.93. The molecular weight excluding hydrogens is 380 g/mol. The lowest BCUT2D eigenvalue weighted by Gasteiger charge is -2.39. The molecule has 2 atom stereocenters. The number of ether oxygens (including phenoxy) is 3. The van der Waals surface area contributed by atoms with Crippen molar-refractivity contribution in [3.63, 3.8) is 0 Å². The van der Waals surface area contributed by atoms with Gasteiger partial charge in [0.1, 0.15) is 5.75 Å². The molecule has 2 aliphatic rings. The first-order chi connectivity index (χ1) is 14.6. The van der Waals surface area contributed by atoms with E-state index in [1.54, 1.807) is 33.5 Å². The Morgan fingerprint density at radius 3 is 2.30 bits per heavy atom. The molecule has 6 heteroatoms. The van der Waals surface area contributed by atoms with Gasteiger partial charge in [-0.2, -0.15) is 0 Å². The molecule has 0 aromatic heterocycles. The molecule has 6 nitrogen and oxygen atoms in total. The van der Waals surface area contributed by atoms with Gasteiger partial charge in [0, 0.05) is 30.7 Å². The van der Waals surface area contributed by atoms with Crippen LogP contribution in [0.25, 0.3) is 0 Å². The smallest absolute Gasteiger partial charge is 0.255 e. The minimum absolute atomic E-state index is 0.148. The van der Waals surface area contributed by atoms with Crippen LogP contribution in [0.1, 0.15) is 41.6 Å². The van der Waals surface area contributed by atoms with E-state index < -0.39 is 0 Å². The third-order valence-electron chi connectivity index (χ3n) is 6.36. The van der Waals surface area contributed by atoms with E-state index in [2.05, 4.69) is 40.5 Å². The lowest BCUT2D eigenvalue weighted by atomic mass is 9.96. The maximum absolute atomic E-state index is 13.1. The molecule has 4 rings (SSSR count). The van der Waals surface area contributed by atoms with E-state index in [0.29, 0.717) is 34.9 Å². The Morgan fingerprint density at radius 1 is 1.00 bits per heavy atom. The number of hydrogen-bond donors (Lipinski definition) is 1. The third kappa shape index (κ3) is 4.10. The zero-order valence-electron chi connectivity index (χ0n) is 17.9.